The van der Waals surface area contributed by atoms with Crippen LogP contribution in [0.25, 0.3) is 100 Å². The molecule has 0 unspecified atom stereocenters. The Hall–Kier alpha value is -7.63. The smallest absolute Gasteiger partial charge is 0.238 e. The number of hydrogen-bond acceptors (Lipinski definition) is 3. The van der Waals surface area contributed by atoms with Crippen molar-refractivity contribution in [3.63, 3.8) is 0 Å². The minimum absolute atomic E-state index is 0.561. The third-order valence-electron chi connectivity index (χ3n) is 10.8. The second-order valence-corrected chi connectivity index (χ2v) is 14.0. The molecule has 5 heteroatoms. The van der Waals surface area contributed by atoms with E-state index in [0.717, 1.165) is 71.9 Å². The summed E-state index contributed by atoms with van der Waals surface area (Å²) in [5.74, 6) is 1.76. The van der Waals surface area contributed by atoms with Gasteiger partial charge in [0.2, 0.25) is 5.95 Å². The molecule has 3 aromatic heterocycles. The molecule has 56 heavy (non-hydrogen) atoms. The Balaban J connectivity index is 1.23. The molecule has 0 saturated carbocycles. The molecule has 0 aliphatic heterocycles. The summed E-state index contributed by atoms with van der Waals surface area (Å²) in [5, 5.41) is 4.67. The van der Waals surface area contributed by atoms with Gasteiger partial charge < -0.3 is 4.57 Å². The number of nitrogens with zero attached hydrogens (tertiary/aromatic N) is 5. The van der Waals surface area contributed by atoms with Crippen LogP contribution in [-0.2, 0) is 0 Å². The Morgan fingerprint density at radius 2 is 0.714 bits per heavy atom. The van der Waals surface area contributed by atoms with Gasteiger partial charge in [-0.15, -0.1) is 0 Å². The van der Waals surface area contributed by atoms with E-state index in [0.29, 0.717) is 17.6 Å². The maximum atomic E-state index is 5.45. The average molecular weight is 716 g/mol. The molecule has 0 aliphatic carbocycles. The largest absolute Gasteiger partial charge is 0.308 e. The summed E-state index contributed by atoms with van der Waals surface area (Å²) >= 11 is 0. The molecule has 0 aliphatic rings. The molecule has 3 heterocycles. The van der Waals surface area contributed by atoms with Gasteiger partial charge >= 0.3 is 0 Å². The summed E-state index contributed by atoms with van der Waals surface area (Å²) in [4.78, 5) is 16.0. The summed E-state index contributed by atoms with van der Waals surface area (Å²) in [7, 11) is 0. The highest BCUT2D eigenvalue weighted by Crippen LogP contribution is 2.41. The molecule has 262 valence electrons. The van der Waals surface area contributed by atoms with Crippen LogP contribution in [0.5, 0.6) is 0 Å². The van der Waals surface area contributed by atoms with E-state index in [1.54, 1.807) is 0 Å². The predicted octanol–water partition coefficient (Wildman–Crippen LogP) is 12.7. The molecule has 0 fully saturated rings. The van der Waals surface area contributed by atoms with Crippen LogP contribution in [0.4, 0.5) is 0 Å². The number of para-hydroxylation sites is 5. The highest BCUT2D eigenvalue weighted by Gasteiger charge is 2.23. The Kier molecular flexibility index (Phi) is 7.42. The zero-order chi connectivity index (χ0) is 37.0. The van der Waals surface area contributed by atoms with Crippen LogP contribution in [0.2, 0.25) is 0 Å². The third-order valence-corrected chi connectivity index (χ3v) is 10.8. The van der Waals surface area contributed by atoms with E-state index in [1.807, 2.05) is 18.2 Å². The van der Waals surface area contributed by atoms with E-state index in [2.05, 4.69) is 191 Å². The molecule has 0 N–H and O–H groups in total. The second-order valence-electron chi connectivity index (χ2n) is 14.0. The van der Waals surface area contributed by atoms with Crippen LogP contribution >= 0.6 is 0 Å². The molecule has 0 saturated heterocycles. The standard InChI is InChI=1S/C51H33N5/c1-4-18-34(19-5-1)37-27-16-29-41-39-24-10-13-31-44(39)55(47(37)41)46-33-15-12-26-43(46)50-52-49(36-22-8-3-9-23-36)53-51(54-50)56-45-32-14-11-25-40(45)42-30-17-28-38(48(42)56)35-20-6-2-7-21-35/h1-33H. The Morgan fingerprint density at radius 3 is 1.32 bits per heavy atom. The van der Waals surface area contributed by atoms with Crippen LogP contribution < -0.4 is 0 Å². The van der Waals surface area contributed by atoms with Crippen molar-refractivity contribution in [1.82, 2.24) is 24.1 Å². The van der Waals surface area contributed by atoms with Gasteiger partial charge in [-0.1, -0.05) is 176 Å². The molecular weight excluding hydrogens is 683 g/mol. The highest BCUT2D eigenvalue weighted by atomic mass is 15.2. The van der Waals surface area contributed by atoms with E-state index >= 15 is 0 Å². The summed E-state index contributed by atoms with van der Waals surface area (Å²) in [6, 6.07) is 70.2. The van der Waals surface area contributed by atoms with Gasteiger partial charge in [0.1, 0.15) is 0 Å². The molecule has 8 aromatic carbocycles. The summed E-state index contributed by atoms with van der Waals surface area (Å²) in [6.07, 6.45) is 0. The molecule has 0 bridgehead atoms. The minimum atomic E-state index is 0.561. The van der Waals surface area contributed by atoms with Crippen molar-refractivity contribution in [3.8, 4) is 56.7 Å². The lowest BCUT2D eigenvalue weighted by atomic mass is 10.0. The number of aromatic nitrogens is 5. The van der Waals surface area contributed by atoms with Crippen LogP contribution in [0.15, 0.2) is 200 Å². The first-order chi connectivity index (χ1) is 27.8. The normalized spacial score (nSPS) is 11.6. The van der Waals surface area contributed by atoms with Gasteiger partial charge in [0.25, 0.3) is 0 Å². The summed E-state index contributed by atoms with van der Waals surface area (Å²) < 4.78 is 4.61. The van der Waals surface area contributed by atoms with E-state index in [-0.39, 0.29) is 0 Å². The Morgan fingerprint density at radius 1 is 0.286 bits per heavy atom. The zero-order valence-electron chi connectivity index (χ0n) is 30.3. The molecule has 11 aromatic rings. The van der Waals surface area contributed by atoms with Crippen LogP contribution in [-0.4, -0.2) is 24.1 Å². The molecule has 0 spiro atoms. The van der Waals surface area contributed by atoms with Crippen molar-refractivity contribution in [3.05, 3.63) is 200 Å². The number of rotatable bonds is 6. The van der Waals surface area contributed by atoms with Gasteiger partial charge in [-0.3, -0.25) is 4.57 Å². The van der Waals surface area contributed by atoms with Gasteiger partial charge in [-0.05, 0) is 35.4 Å². The topological polar surface area (TPSA) is 48.5 Å². The van der Waals surface area contributed by atoms with Gasteiger partial charge in [-0.25, -0.2) is 4.98 Å². The fraction of sp³-hybridized carbons (Fsp3) is 0. The molecule has 5 nitrogen and oxygen atoms in total. The average Bonchev–Trinajstić information content (AvgIpc) is 3.80. The van der Waals surface area contributed by atoms with E-state index in [9.17, 15) is 0 Å². The molecule has 0 amide bonds. The second kappa shape index (κ2) is 13.0. The van der Waals surface area contributed by atoms with Crippen molar-refractivity contribution in [2.24, 2.45) is 0 Å². The van der Waals surface area contributed by atoms with Crippen molar-refractivity contribution in [2.45, 2.75) is 0 Å². The van der Waals surface area contributed by atoms with Gasteiger partial charge in [0.15, 0.2) is 11.6 Å². The number of benzene rings is 8. The van der Waals surface area contributed by atoms with Crippen molar-refractivity contribution >= 4 is 43.6 Å². The van der Waals surface area contributed by atoms with E-state index < -0.39 is 0 Å². The number of hydrogen-bond donors (Lipinski definition) is 0. The lowest BCUT2D eigenvalue weighted by Gasteiger charge is -2.17. The first-order valence-electron chi connectivity index (χ1n) is 18.9. The van der Waals surface area contributed by atoms with Crippen LogP contribution in [0.3, 0.4) is 0 Å². The fourth-order valence-electron chi connectivity index (χ4n) is 8.36. The maximum absolute atomic E-state index is 5.45. The number of fused-ring (bicyclic) bond motifs is 6. The van der Waals surface area contributed by atoms with Gasteiger partial charge in [0.05, 0.1) is 27.8 Å². The predicted molar refractivity (Wildman–Crippen MR) is 230 cm³/mol. The first-order valence-corrected chi connectivity index (χ1v) is 18.9. The maximum Gasteiger partial charge on any atom is 0.238 e. The van der Waals surface area contributed by atoms with Crippen molar-refractivity contribution in [2.75, 3.05) is 0 Å². The van der Waals surface area contributed by atoms with E-state index in [4.69, 9.17) is 15.0 Å². The minimum Gasteiger partial charge on any atom is -0.308 e. The summed E-state index contributed by atoms with van der Waals surface area (Å²) in [5.41, 5.74) is 11.7. The molecule has 11 rings (SSSR count). The van der Waals surface area contributed by atoms with E-state index in [1.165, 1.54) is 10.8 Å². The fourth-order valence-corrected chi connectivity index (χ4v) is 8.36. The lowest BCUT2D eigenvalue weighted by Crippen LogP contribution is -2.08. The van der Waals surface area contributed by atoms with Crippen molar-refractivity contribution < 1.29 is 0 Å². The Labute approximate surface area is 323 Å². The van der Waals surface area contributed by atoms with Crippen molar-refractivity contribution in [1.29, 1.82) is 0 Å². The molecule has 0 radical (unpaired) electrons. The molecule has 0 atom stereocenters. The monoisotopic (exact) mass is 715 g/mol. The van der Waals surface area contributed by atoms with Gasteiger partial charge in [0, 0.05) is 43.8 Å². The zero-order valence-corrected chi connectivity index (χ0v) is 30.3. The third kappa shape index (κ3) is 5.06. The van der Waals surface area contributed by atoms with Crippen LogP contribution in [0, 0.1) is 0 Å². The van der Waals surface area contributed by atoms with Crippen LogP contribution in [0.1, 0.15) is 0 Å². The highest BCUT2D eigenvalue weighted by molar-refractivity contribution is 6.15. The quantitative estimate of drug-likeness (QED) is 0.172. The molecular formula is C51H33N5. The van der Waals surface area contributed by atoms with Gasteiger partial charge in [-0.2, -0.15) is 9.97 Å². The first kappa shape index (κ1) is 31.9. The SMILES string of the molecule is c1ccc(-c2nc(-c3ccccc3-n3c4ccccc4c4cccc(-c5ccccc5)c43)nc(-n3c4ccccc4c4cccc(-c5ccccc5)c43)n2)cc1. The Bertz CT molecular complexity index is 3240. The lowest BCUT2D eigenvalue weighted by molar-refractivity contribution is 0.952. The summed E-state index contributed by atoms with van der Waals surface area (Å²) in [6.45, 7) is 0.